The predicted molar refractivity (Wildman–Crippen MR) is 88.4 cm³/mol. The number of nitrogens with zero attached hydrogens (tertiary/aromatic N) is 1. The standard InChI is InChI=1S/C18H30N2/c1-20(18-11-6-3-7-12-18)16-8-14-19-15-13-17-9-4-2-5-10-17/h3,6-7,11-12,17,19H,2,4-5,8-10,13-16H2,1H3. The summed E-state index contributed by atoms with van der Waals surface area (Å²) in [5, 5.41) is 3.61. The minimum absolute atomic E-state index is 1.00. The van der Waals surface area contributed by atoms with Gasteiger partial charge in [-0.25, -0.2) is 0 Å². The van der Waals surface area contributed by atoms with E-state index in [-0.39, 0.29) is 0 Å². The average Bonchev–Trinajstić information content (AvgIpc) is 2.52. The molecule has 0 heterocycles. The van der Waals surface area contributed by atoms with Crippen molar-refractivity contribution in [1.29, 1.82) is 0 Å². The van der Waals surface area contributed by atoms with Gasteiger partial charge in [0.25, 0.3) is 0 Å². The Kier molecular flexibility index (Phi) is 6.93. The van der Waals surface area contributed by atoms with Crippen molar-refractivity contribution >= 4 is 5.69 Å². The van der Waals surface area contributed by atoms with Gasteiger partial charge in [-0.1, -0.05) is 50.3 Å². The zero-order chi connectivity index (χ0) is 14.0. The quantitative estimate of drug-likeness (QED) is 0.719. The molecule has 1 N–H and O–H groups in total. The molecule has 0 aromatic heterocycles. The maximum atomic E-state index is 3.61. The number of nitrogens with one attached hydrogen (secondary N) is 1. The lowest BCUT2D eigenvalue weighted by Crippen LogP contribution is -2.25. The smallest absolute Gasteiger partial charge is 0.0363 e. The first-order valence-electron chi connectivity index (χ1n) is 8.33. The van der Waals surface area contributed by atoms with Crippen molar-refractivity contribution in [2.45, 2.75) is 44.9 Å². The van der Waals surface area contributed by atoms with E-state index in [0.29, 0.717) is 0 Å². The summed E-state index contributed by atoms with van der Waals surface area (Å²) < 4.78 is 0. The lowest BCUT2D eigenvalue weighted by atomic mass is 9.87. The fourth-order valence-corrected chi connectivity index (χ4v) is 3.16. The zero-order valence-electron chi connectivity index (χ0n) is 13.0. The average molecular weight is 274 g/mol. The SMILES string of the molecule is CN(CCCNCCC1CCCCC1)c1ccccc1. The second-order valence-corrected chi connectivity index (χ2v) is 6.15. The van der Waals surface area contributed by atoms with Gasteiger partial charge in [-0.05, 0) is 44.0 Å². The van der Waals surface area contributed by atoms with Gasteiger partial charge in [0.1, 0.15) is 0 Å². The zero-order valence-corrected chi connectivity index (χ0v) is 13.0. The summed E-state index contributed by atoms with van der Waals surface area (Å²) in [6, 6.07) is 10.6. The maximum absolute atomic E-state index is 3.61. The molecule has 1 aromatic rings. The summed E-state index contributed by atoms with van der Waals surface area (Å²) >= 11 is 0. The maximum Gasteiger partial charge on any atom is 0.0363 e. The van der Waals surface area contributed by atoms with Crippen molar-refractivity contribution in [3.63, 3.8) is 0 Å². The molecule has 20 heavy (non-hydrogen) atoms. The molecule has 1 aliphatic rings. The van der Waals surface area contributed by atoms with Gasteiger partial charge >= 0.3 is 0 Å². The molecule has 0 unspecified atom stereocenters. The Bertz CT molecular complexity index is 344. The van der Waals surface area contributed by atoms with Crippen LogP contribution in [0.4, 0.5) is 5.69 Å². The van der Waals surface area contributed by atoms with Gasteiger partial charge in [-0.3, -0.25) is 0 Å². The van der Waals surface area contributed by atoms with E-state index in [4.69, 9.17) is 0 Å². The third kappa shape index (κ3) is 5.54. The topological polar surface area (TPSA) is 15.3 Å². The van der Waals surface area contributed by atoms with E-state index in [9.17, 15) is 0 Å². The van der Waals surface area contributed by atoms with Crippen LogP contribution in [0.5, 0.6) is 0 Å². The number of hydrogen-bond donors (Lipinski definition) is 1. The van der Waals surface area contributed by atoms with Crippen molar-refractivity contribution in [1.82, 2.24) is 5.32 Å². The Labute approximate surface area is 124 Å². The van der Waals surface area contributed by atoms with Gasteiger partial charge in [0, 0.05) is 19.3 Å². The number of para-hydroxylation sites is 1. The highest BCUT2D eigenvalue weighted by Crippen LogP contribution is 2.25. The van der Waals surface area contributed by atoms with Crippen molar-refractivity contribution < 1.29 is 0 Å². The number of anilines is 1. The lowest BCUT2D eigenvalue weighted by molar-refractivity contribution is 0.334. The van der Waals surface area contributed by atoms with E-state index < -0.39 is 0 Å². The van der Waals surface area contributed by atoms with Crippen LogP contribution in [0.15, 0.2) is 30.3 Å². The Hall–Kier alpha value is -1.02. The molecule has 0 radical (unpaired) electrons. The molecule has 0 aliphatic heterocycles. The van der Waals surface area contributed by atoms with Gasteiger partial charge in [-0.15, -0.1) is 0 Å². The number of hydrogen-bond acceptors (Lipinski definition) is 2. The van der Waals surface area contributed by atoms with Gasteiger partial charge in [0.05, 0.1) is 0 Å². The fraction of sp³-hybridized carbons (Fsp3) is 0.667. The van der Waals surface area contributed by atoms with Crippen LogP contribution in [0.25, 0.3) is 0 Å². The van der Waals surface area contributed by atoms with Crippen LogP contribution in [0.1, 0.15) is 44.9 Å². The van der Waals surface area contributed by atoms with Crippen LogP contribution in [0.3, 0.4) is 0 Å². The largest absolute Gasteiger partial charge is 0.375 e. The van der Waals surface area contributed by atoms with Crippen molar-refractivity contribution in [3.05, 3.63) is 30.3 Å². The molecular weight excluding hydrogens is 244 g/mol. The molecule has 2 rings (SSSR count). The van der Waals surface area contributed by atoms with E-state index in [1.54, 1.807) is 0 Å². The van der Waals surface area contributed by atoms with E-state index in [1.807, 2.05) is 0 Å². The first-order chi connectivity index (χ1) is 9.86. The first-order valence-corrected chi connectivity index (χ1v) is 8.33. The number of rotatable bonds is 8. The Morgan fingerprint density at radius 3 is 2.55 bits per heavy atom. The summed E-state index contributed by atoms with van der Waals surface area (Å²) in [6.45, 7) is 3.48. The first kappa shape index (κ1) is 15.4. The molecule has 2 nitrogen and oxygen atoms in total. The van der Waals surface area contributed by atoms with Gasteiger partial charge in [-0.2, -0.15) is 0 Å². The fourth-order valence-electron chi connectivity index (χ4n) is 3.16. The van der Waals surface area contributed by atoms with Crippen LogP contribution >= 0.6 is 0 Å². The lowest BCUT2D eigenvalue weighted by Gasteiger charge is -2.22. The molecule has 0 amide bonds. The van der Waals surface area contributed by atoms with Crippen molar-refractivity contribution in [3.8, 4) is 0 Å². The summed E-state index contributed by atoms with van der Waals surface area (Å²) in [6.07, 6.45) is 9.94. The number of benzene rings is 1. The molecule has 1 aliphatic carbocycles. The van der Waals surface area contributed by atoms with E-state index >= 15 is 0 Å². The van der Waals surface area contributed by atoms with Gasteiger partial charge in [0.2, 0.25) is 0 Å². The molecule has 0 saturated heterocycles. The Morgan fingerprint density at radius 1 is 1.05 bits per heavy atom. The van der Waals surface area contributed by atoms with Crippen LogP contribution in [0.2, 0.25) is 0 Å². The second kappa shape index (κ2) is 9.02. The third-order valence-corrected chi connectivity index (χ3v) is 4.50. The minimum Gasteiger partial charge on any atom is -0.375 e. The minimum atomic E-state index is 1.00. The highest BCUT2D eigenvalue weighted by molar-refractivity contribution is 5.44. The Balaban J connectivity index is 1.49. The molecule has 1 aromatic carbocycles. The molecule has 0 bridgehead atoms. The molecule has 1 fully saturated rings. The van der Waals surface area contributed by atoms with Crippen molar-refractivity contribution in [2.24, 2.45) is 5.92 Å². The van der Waals surface area contributed by atoms with E-state index in [1.165, 1.54) is 57.2 Å². The van der Waals surface area contributed by atoms with E-state index in [2.05, 4.69) is 47.6 Å². The van der Waals surface area contributed by atoms with Crippen LogP contribution in [-0.4, -0.2) is 26.7 Å². The second-order valence-electron chi connectivity index (χ2n) is 6.15. The predicted octanol–water partition coefficient (Wildman–Crippen LogP) is 4.07. The molecule has 112 valence electrons. The summed E-state index contributed by atoms with van der Waals surface area (Å²) in [4.78, 5) is 2.34. The van der Waals surface area contributed by atoms with Gasteiger partial charge in [0.15, 0.2) is 0 Å². The van der Waals surface area contributed by atoms with Crippen molar-refractivity contribution in [2.75, 3.05) is 31.6 Å². The summed E-state index contributed by atoms with van der Waals surface area (Å²) in [5.41, 5.74) is 1.31. The third-order valence-electron chi connectivity index (χ3n) is 4.50. The van der Waals surface area contributed by atoms with Crippen LogP contribution < -0.4 is 10.2 Å². The summed E-state index contributed by atoms with van der Waals surface area (Å²) in [7, 11) is 2.18. The highest BCUT2D eigenvalue weighted by atomic mass is 15.1. The van der Waals surface area contributed by atoms with Gasteiger partial charge < -0.3 is 10.2 Å². The molecule has 0 spiro atoms. The molecule has 0 atom stereocenters. The highest BCUT2D eigenvalue weighted by Gasteiger charge is 2.12. The monoisotopic (exact) mass is 274 g/mol. The van der Waals surface area contributed by atoms with Crippen LogP contribution in [-0.2, 0) is 0 Å². The van der Waals surface area contributed by atoms with E-state index in [0.717, 1.165) is 19.0 Å². The normalized spacial score (nSPS) is 16.2. The molecule has 2 heteroatoms. The summed E-state index contributed by atoms with van der Waals surface area (Å²) in [5.74, 6) is 1.00. The Morgan fingerprint density at radius 2 is 1.80 bits per heavy atom. The molecule has 1 saturated carbocycles. The molecular formula is C18H30N2. The van der Waals surface area contributed by atoms with Crippen LogP contribution in [0, 0.1) is 5.92 Å².